The zero-order chi connectivity index (χ0) is 50.0. The highest BCUT2D eigenvalue weighted by molar-refractivity contribution is 5.71. The molecule has 0 aliphatic carbocycles. The lowest BCUT2D eigenvalue weighted by Crippen LogP contribution is -2.30. The van der Waals surface area contributed by atoms with Gasteiger partial charge in [0.15, 0.2) is 6.10 Å². The van der Waals surface area contributed by atoms with Crippen molar-refractivity contribution in [2.75, 3.05) is 13.2 Å². The molecule has 0 fully saturated rings. The zero-order valence-corrected chi connectivity index (χ0v) is 46.3. The van der Waals surface area contributed by atoms with Gasteiger partial charge in [-0.15, -0.1) is 0 Å². The third-order valence-electron chi connectivity index (χ3n) is 13.6. The number of unbranched alkanes of at least 4 members (excludes halogenated alkanes) is 39. The molecule has 0 bridgehead atoms. The van der Waals surface area contributed by atoms with Crippen LogP contribution in [0.2, 0.25) is 0 Å². The third-order valence-corrected chi connectivity index (χ3v) is 13.6. The van der Waals surface area contributed by atoms with Gasteiger partial charge in [-0.05, 0) is 57.8 Å². The van der Waals surface area contributed by atoms with Crippen LogP contribution in [-0.4, -0.2) is 37.2 Å². The summed E-state index contributed by atoms with van der Waals surface area (Å²) in [5.74, 6) is -0.875. The average molecular weight is 970 g/mol. The second-order valence-electron chi connectivity index (χ2n) is 20.6. The molecule has 0 heterocycles. The van der Waals surface area contributed by atoms with Gasteiger partial charge in [0.05, 0.1) is 0 Å². The van der Waals surface area contributed by atoms with Gasteiger partial charge >= 0.3 is 17.9 Å². The molecule has 0 saturated carbocycles. The Morgan fingerprint density at radius 2 is 0.522 bits per heavy atom. The van der Waals surface area contributed by atoms with Crippen molar-refractivity contribution < 1.29 is 28.6 Å². The standard InChI is InChI=1S/C63H116O6/c1-4-7-10-13-16-19-22-25-28-31-33-35-38-41-44-47-50-53-56-62(65)68-59-60(58-67-61(64)55-52-49-46-43-40-37-34-30-27-24-21-18-15-12-9-6-3)69-63(66)57-54-51-48-45-42-39-36-32-29-26-23-20-17-14-11-8-5-2/h17,20,26,29,36,39,60H,4-16,18-19,21-25,27-28,30-35,37-38,40-59H2,1-3H3/b20-17+,29-26+,39-36+/t60-/m1/s1. The van der Waals surface area contributed by atoms with Crippen molar-refractivity contribution in [2.24, 2.45) is 0 Å². The number of ether oxygens (including phenoxy) is 3. The molecule has 404 valence electrons. The summed E-state index contributed by atoms with van der Waals surface area (Å²) in [6.07, 6.45) is 69.9. The Morgan fingerprint density at radius 1 is 0.290 bits per heavy atom. The fourth-order valence-electron chi connectivity index (χ4n) is 9.04. The van der Waals surface area contributed by atoms with E-state index in [2.05, 4.69) is 57.2 Å². The second-order valence-corrected chi connectivity index (χ2v) is 20.6. The van der Waals surface area contributed by atoms with E-state index in [4.69, 9.17) is 14.2 Å². The van der Waals surface area contributed by atoms with Crippen LogP contribution < -0.4 is 0 Å². The van der Waals surface area contributed by atoms with Crippen molar-refractivity contribution in [3.63, 3.8) is 0 Å². The Hall–Kier alpha value is -2.37. The van der Waals surface area contributed by atoms with E-state index in [9.17, 15) is 14.4 Å². The van der Waals surface area contributed by atoms with Crippen LogP contribution in [0.4, 0.5) is 0 Å². The zero-order valence-electron chi connectivity index (χ0n) is 46.3. The first-order valence-corrected chi connectivity index (χ1v) is 30.5. The lowest BCUT2D eigenvalue weighted by atomic mass is 10.0. The van der Waals surface area contributed by atoms with Gasteiger partial charge in [-0.1, -0.05) is 288 Å². The Morgan fingerprint density at radius 3 is 0.841 bits per heavy atom. The lowest BCUT2D eigenvalue weighted by Gasteiger charge is -2.18. The largest absolute Gasteiger partial charge is 0.462 e. The van der Waals surface area contributed by atoms with Crippen LogP contribution in [-0.2, 0) is 28.6 Å². The monoisotopic (exact) mass is 969 g/mol. The molecule has 0 aromatic rings. The minimum absolute atomic E-state index is 0.0762. The van der Waals surface area contributed by atoms with E-state index in [1.54, 1.807) is 0 Å². The summed E-state index contributed by atoms with van der Waals surface area (Å²) in [6.45, 7) is 6.65. The maximum Gasteiger partial charge on any atom is 0.306 e. The normalized spacial score (nSPS) is 12.2. The molecule has 6 heteroatoms. The molecule has 0 aliphatic rings. The summed E-state index contributed by atoms with van der Waals surface area (Å²) in [6, 6.07) is 0. The van der Waals surface area contributed by atoms with Crippen LogP contribution in [0.25, 0.3) is 0 Å². The van der Waals surface area contributed by atoms with E-state index in [1.165, 1.54) is 205 Å². The molecule has 1 atom stereocenters. The summed E-state index contributed by atoms with van der Waals surface area (Å²) < 4.78 is 16.9. The molecule has 0 unspecified atom stereocenters. The number of allylic oxidation sites excluding steroid dienone is 6. The molecule has 0 aromatic heterocycles. The fraction of sp³-hybridized carbons (Fsp3) is 0.857. The maximum atomic E-state index is 12.9. The van der Waals surface area contributed by atoms with E-state index in [1.807, 2.05) is 0 Å². The highest BCUT2D eigenvalue weighted by atomic mass is 16.6. The summed E-state index contributed by atoms with van der Waals surface area (Å²) in [7, 11) is 0. The molecule has 0 amide bonds. The van der Waals surface area contributed by atoms with E-state index in [0.717, 1.165) is 83.5 Å². The molecule has 0 aromatic carbocycles. The molecule has 0 saturated heterocycles. The first kappa shape index (κ1) is 66.6. The number of carbonyl (C=O) groups is 3. The van der Waals surface area contributed by atoms with Crippen LogP contribution in [0.3, 0.4) is 0 Å². The second kappa shape index (κ2) is 58.2. The van der Waals surface area contributed by atoms with Crippen molar-refractivity contribution >= 4 is 17.9 Å². The molecule has 0 radical (unpaired) electrons. The Balaban J connectivity index is 4.36. The number of rotatable bonds is 56. The minimum Gasteiger partial charge on any atom is -0.462 e. The van der Waals surface area contributed by atoms with E-state index in [-0.39, 0.29) is 31.1 Å². The van der Waals surface area contributed by atoms with Gasteiger partial charge in [-0.2, -0.15) is 0 Å². The first-order valence-electron chi connectivity index (χ1n) is 30.5. The molecule has 69 heavy (non-hydrogen) atoms. The molecule has 0 N–H and O–H groups in total. The van der Waals surface area contributed by atoms with Crippen LogP contribution in [0.5, 0.6) is 0 Å². The third kappa shape index (κ3) is 56.4. The maximum absolute atomic E-state index is 12.9. The quantitative estimate of drug-likeness (QED) is 0.0261. The first-order chi connectivity index (χ1) is 34.0. The smallest absolute Gasteiger partial charge is 0.306 e. The lowest BCUT2D eigenvalue weighted by molar-refractivity contribution is -0.167. The van der Waals surface area contributed by atoms with Crippen LogP contribution >= 0.6 is 0 Å². The highest BCUT2D eigenvalue weighted by Gasteiger charge is 2.19. The molecule has 0 aliphatic heterocycles. The number of hydrogen-bond acceptors (Lipinski definition) is 6. The van der Waals surface area contributed by atoms with Gasteiger partial charge in [0.2, 0.25) is 0 Å². The number of esters is 3. The van der Waals surface area contributed by atoms with Gasteiger partial charge in [-0.25, -0.2) is 0 Å². The predicted molar refractivity (Wildman–Crippen MR) is 298 cm³/mol. The van der Waals surface area contributed by atoms with Crippen molar-refractivity contribution in [2.45, 2.75) is 335 Å². The number of hydrogen-bond donors (Lipinski definition) is 0. The topological polar surface area (TPSA) is 78.9 Å². The summed E-state index contributed by atoms with van der Waals surface area (Å²) in [4.78, 5) is 38.2. The van der Waals surface area contributed by atoms with E-state index in [0.29, 0.717) is 19.3 Å². The van der Waals surface area contributed by atoms with Gasteiger partial charge in [0, 0.05) is 19.3 Å². The Bertz CT molecular complexity index is 1160. The van der Waals surface area contributed by atoms with E-state index < -0.39 is 6.10 Å². The van der Waals surface area contributed by atoms with E-state index >= 15 is 0 Å². The van der Waals surface area contributed by atoms with Gasteiger partial charge in [-0.3, -0.25) is 14.4 Å². The van der Waals surface area contributed by atoms with Gasteiger partial charge in [0.1, 0.15) is 13.2 Å². The van der Waals surface area contributed by atoms with Crippen LogP contribution in [0, 0.1) is 0 Å². The molecular formula is C63H116O6. The predicted octanol–water partition coefficient (Wildman–Crippen LogP) is 20.4. The Labute approximate surface area is 429 Å². The van der Waals surface area contributed by atoms with Crippen molar-refractivity contribution in [3.05, 3.63) is 36.5 Å². The highest BCUT2D eigenvalue weighted by Crippen LogP contribution is 2.17. The van der Waals surface area contributed by atoms with Crippen LogP contribution in [0.1, 0.15) is 329 Å². The summed E-state index contributed by atoms with van der Waals surface area (Å²) >= 11 is 0. The minimum atomic E-state index is -0.780. The SMILES string of the molecule is CCCCC/C=C/C/C=C/C/C=C/CCCCCCC(=O)O[C@H](COC(=O)CCCCCCCCCCCCCCCCCC)COC(=O)CCCCCCCCCCCCCCCCCCCC. The summed E-state index contributed by atoms with van der Waals surface area (Å²) in [5, 5.41) is 0. The van der Waals surface area contributed by atoms with Gasteiger partial charge < -0.3 is 14.2 Å². The fourth-order valence-corrected chi connectivity index (χ4v) is 9.04. The molecule has 0 rings (SSSR count). The molecule has 0 spiro atoms. The number of carbonyl (C=O) groups excluding carboxylic acids is 3. The summed E-state index contributed by atoms with van der Waals surface area (Å²) in [5.41, 5.74) is 0. The Kier molecular flexibility index (Phi) is 56.2. The van der Waals surface area contributed by atoms with Crippen molar-refractivity contribution in [1.82, 2.24) is 0 Å². The van der Waals surface area contributed by atoms with Crippen molar-refractivity contribution in [1.29, 1.82) is 0 Å². The molecular weight excluding hydrogens is 853 g/mol. The van der Waals surface area contributed by atoms with Crippen molar-refractivity contribution in [3.8, 4) is 0 Å². The molecule has 6 nitrogen and oxygen atoms in total. The average Bonchev–Trinajstić information content (AvgIpc) is 3.35. The van der Waals surface area contributed by atoms with Gasteiger partial charge in [0.25, 0.3) is 0 Å². The van der Waals surface area contributed by atoms with Crippen LogP contribution in [0.15, 0.2) is 36.5 Å².